The lowest BCUT2D eigenvalue weighted by molar-refractivity contribution is -0.138. The molecule has 2 heteroatoms. The van der Waals surface area contributed by atoms with E-state index in [1.54, 1.807) is 0 Å². The van der Waals surface area contributed by atoms with Gasteiger partial charge in [-0.25, -0.2) is 4.79 Å². The summed E-state index contributed by atoms with van der Waals surface area (Å²) in [6.07, 6.45) is 25.7. The maximum absolute atomic E-state index is 11.8. The Morgan fingerprint density at radius 1 is 0.543 bits per heavy atom. The van der Waals surface area contributed by atoms with Crippen molar-refractivity contribution < 1.29 is 9.53 Å². The van der Waals surface area contributed by atoms with Crippen molar-refractivity contribution in [1.82, 2.24) is 0 Å². The Labute approximate surface area is 218 Å². The molecule has 35 heavy (non-hydrogen) atoms. The van der Waals surface area contributed by atoms with Crippen LogP contribution in [-0.2, 0) is 9.53 Å². The molecule has 0 aromatic carbocycles. The van der Waals surface area contributed by atoms with E-state index in [-0.39, 0.29) is 5.97 Å². The number of ether oxygens (including phenoxy) is 1. The summed E-state index contributed by atoms with van der Waals surface area (Å²) >= 11 is 0. The number of hydrogen-bond donors (Lipinski definition) is 0. The lowest BCUT2D eigenvalue weighted by Gasteiger charge is -2.05. The average Bonchev–Trinajstić information content (AvgIpc) is 2.79. The molecule has 2 nitrogen and oxygen atoms in total. The van der Waals surface area contributed by atoms with Gasteiger partial charge in [-0.15, -0.1) is 0 Å². The zero-order chi connectivity index (χ0) is 26.5. The van der Waals surface area contributed by atoms with Crippen LogP contribution in [0.2, 0.25) is 0 Å². The molecular formula is C33H54O2. The number of rotatable bonds is 18. The van der Waals surface area contributed by atoms with Gasteiger partial charge in [0, 0.05) is 5.57 Å². The molecule has 0 spiro atoms. The van der Waals surface area contributed by atoms with E-state index in [0.717, 1.165) is 63.4 Å². The molecule has 0 aromatic rings. The van der Waals surface area contributed by atoms with Crippen molar-refractivity contribution in [2.75, 3.05) is 6.61 Å². The minimum atomic E-state index is -0.167. The molecule has 0 rings (SSSR count). The lowest BCUT2D eigenvalue weighted by Crippen LogP contribution is -2.06. The molecule has 198 valence electrons. The predicted octanol–water partition coefficient (Wildman–Crippen LogP) is 10.5. The Balaban J connectivity index is 4.21. The van der Waals surface area contributed by atoms with Crippen molar-refractivity contribution in [1.29, 1.82) is 0 Å². The molecule has 0 unspecified atom stereocenters. The standard InChI is InChI=1S/C33H54O2/c1-9-32(33(34)35-10-2)26-16-25-31(8)24-15-22-29(6)19-12-11-18-28(5)21-14-23-30(7)20-13-17-27(3)4/h17-19,23-24,26H,9-16,20-22,25H2,1-8H3/b28-18+,29-19+,30-23+,31-24+,32-26-. The van der Waals surface area contributed by atoms with Gasteiger partial charge in [0.15, 0.2) is 0 Å². The van der Waals surface area contributed by atoms with Gasteiger partial charge in [-0.05, 0) is 119 Å². The second kappa shape index (κ2) is 21.2. The fourth-order valence-electron chi connectivity index (χ4n) is 3.82. The first-order valence-electron chi connectivity index (χ1n) is 13.8. The first-order chi connectivity index (χ1) is 16.7. The van der Waals surface area contributed by atoms with Crippen molar-refractivity contribution in [2.24, 2.45) is 0 Å². The van der Waals surface area contributed by atoms with Crippen LogP contribution >= 0.6 is 0 Å². The van der Waals surface area contributed by atoms with E-state index >= 15 is 0 Å². The molecule has 0 saturated heterocycles. The van der Waals surface area contributed by atoms with Crippen LogP contribution in [0.1, 0.15) is 126 Å². The topological polar surface area (TPSA) is 26.3 Å². The summed E-state index contributed by atoms with van der Waals surface area (Å²) in [7, 11) is 0. The maximum atomic E-state index is 11.8. The molecule has 0 atom stereocenters. The minimum Gasteiger partial charge on any atom is -0.463 e. The van der Waals surface area contributed by atoms with Crippen molar-refractivity contribution in [3.8, 4) is 0 Å². The van der Waals surface area contributed by atoms with Crippen LogP contribution in [0.25, 0.3) is 0 Å². The highest BCUT2D eigenvalue weighted by molar-refractivity contribution is 5.88. The van der Waals surface area contributed by atoms with Crippen LogP contribution in [0.15, 0.2) is 69.9 Å². The number of esters is 1. The first kappa shape index (κ1) is 32.9. The van der Waals surface area contributed by atoms with E-state index in [9.17, 15) is 4.79 Å². The van der Waals surface area contributed by atoms with Crippen LogP contribution in [0.4, 0.5) is 0 Å². The highest BCUT2D eigenvalue weighted by Gasteiger charge is 2.07. The van der Waals surface area contributed by atoms with E-state index in [2.05, 4.69) is 71.9 Å². The Bertz CT molecular complexity index is 780. The fourth-order valence-corrected chi connectivity index (χ4v) is 3.82. The van der Waals surface area contributed by atoms with Gasteiger partial charge in [-0.1, -0.05) is 71.2 Å². The summed E-state index contributed by atoms with van der Waals surface area (Å²) in [5.41, 5.74) is 8.10. The van der Waals surface area contributed by atoms with Gasteiger partial charge in [0.05, 0.1) is 6.61 Å². The van der Waals surface area contributed by atoms with Gasteiger partial charge in [0.1, 0.15) is 0 Å². The van der Waals surface area contributed by atoms with Crippen LogP contribution in [0, 0.1) is 0 Å². The molecule has 0 N–H and O–H groups in total. The Hall–Kier alpha value is -2.09. The third kappa shape index (κ3) is 19.9. The van der Waals surface area contributed by atoms with Crippen LogP contribution in [0.5, 0.6) is 0 Å². The molecule has 0 heterocycles. The molecule has 0 bridgehead atoms. The quantitative estimate of drug-likeness (QED) is 0.0840. The van der Waals surface area contributed by atoms with Crippen molar-refractivity contribution in [3.05, 3.63) is 69.9 Å². The van der Waals surface area contributed by atoms with E-state index < -0.39 is 0 Å². The first-order valence-corrected chi connectivity index (χ1v) is 13.8. The number of carbonyl (C=O) groups is 1. The molecule has 0 aliphatic carbocycles. The lowest BCUT2D eigenvalue weighted by atomic mass is 10.0. The third-order valence-electron chi connectivity index (χ3n) is 6.15. The summed E-state index contributed by atoms with van der Waals surface area (Å²) in [5, 5.41) is 0. The van der Waals surface area contributed by atoms with E-state index in [1.165, 1.54) is 40.7 Å². The molecule has 0 amide bonds. The summed E-state index contributed by atoms with van der Waals surface area (Å²) in [6, 6.07) is 0. The highest BCUT2D eigenvalue weighted by atomic mass is 16.5. The Morgan fingerprint density at radius 2 is 0.914 bits per heavy atom. The predicted molar refractivity (Wildman–Crippen MR) is 156 cm³/mol. The normalized spacial score (nSPS) is 13.8. The summed E-state index contributed by atoms with van der Waals surface area (Å²) in [4.78, 5) is 11.8. The van der Waals surface area contributed by atoms with E-state index in [0.29, 0.717) is 6.61 Å². The molecular weight excluding hydrogens is 428 g/mol. The van der Waals surface area contributed by atoms with Crippen molar-refractivity contribution in [3.63, 3.8) is 0 Å². The molecule has 0 radical (unpaired) electrons. The highest BCUT2D eigenvalue weighted by Crippen LogP contribution is 2.15. The summed E-state index contributed by atoms with van der Waals surface area (Å²) in [6.45, 7) is 17.6. The second-order valence-electron chi connectivity index (χ2n) is 10.0. The number of allylic oxidation sites excluding steroid dienone is 11. The van der Waals surface area contributed by atoms with Gasteiger partial charge < -0.3 is 4.74 Å². The van der Waals surface area contributed by atoms with E-state index in [1.807, 2.05) is 19.9 Å². The van der Waals surface area contributed by atoms with Crippen molar-refractivity contribution in [2.45, 2.75) is 126 Å². The smallest absolute Gasteiger partial charge is 0.333 e. The summed E-state index contributed by atoms with van der Waals surface area (Å²) < 4.78 is 5.10. The van der Waals surface area contributed by atoms with Crippen molar-refractivity contribution >= 4 is 5.97 Å². The van der Waals surface area contributed by atoms with Gasteiger partial charge in [-0.3, -0.25) is 0 Å². The molecule has 0 aliphatic heterocycles. The number of hydrogen-bond acceptors (Lipinski definition) is 2. The molecule has 0 saturated carbocycles. The van der Waals surface area contributed by atoms with Crippen LogP contribution in [0.3, 0.4) is 0 Å². The van der Waals surface area contributed by atoms with Crippen LogP contribution < -0.4 is 0 Å². The Morgan fingerprint density at radius 3 is 1.29 bits per heavy atom. The minimum absolute atomic E-state index is 0.167. The van der Waals surface area contributed by atoms with Gasteiger partial charge >= 0.3 is 5.97 Å². The van der Waals surface area contributed by atoms with E-state index in [4.69, 9.17) is 4.74 Å². The average molecular weight is 483 g/mol. The zero-order valence-electron chi connectivity index (χ0n) is 24.3. The largest absolute Gasteiger partial charge is 0.463 e. The second-order valence-corrected chi connectivity index (χ2v) is 10.0. The van der Waals surface area contributed by atoms with Gasteiger partial charge in [0.25, 0.3) is 0 Å². The SMILES string of the molecule is CCOC(=O)/C(=C\CC/C(C)=C/CC/C(C)=C/CC/C=C(\C)CC/C=C(\C)CCC=C(C)C)CC. The maximum Gasteiger partial charge on any atom is 0.333 e. The molecule has 0 aliphatic rings. The van der Waals surface area contributed by atoms with Gasteiger partial charge in [-0.2, -0.15) is 0 Å². The zero-order valence-corrected chi connectivity index (χ0v) is 24.3. The third-order valence-corrected chi connectivity index (χ3v) is 6.15. The van der Waals surface area contributed by atoms with Crippen LogP contribution in [-0.4, -0.2) is 12.6 Å². The number of unbranched alkanes of at least 4 members (excludes halogenated alkanes) is 1. The molecule has 0 fully saturated rings. The summed E-state index contributed by atoms with van der Waals surface area (Å²) in [5.74, 6) is -0.167. The monoisotopic (exact) mass is 482 g/mol. The number of carbonyl (C=O) groups excluding carboxylic acids is 1. The Kier molecular flexibility index (Phi) is 19.9. The molecule has 0 aromatic heterocycles. The fraction of sp³-hybridized carbons (Fsp3) is 0.606. The van der Waals surface area contributed by atoms with Gasteiger partial charge in [0.2, 0.25) is 0 Å².